The van der Waals surface area contributed by atoms with E-state index in [4.69, 9.17) is 0 Å². The zero-order chi connectivity index (χ0) is 11.9. The normalized spacial score (nSPS) is 52.0. The van der Waals surface area contributed by atoms with Gasteiger partial charge in [-0.3, -0.25) is 0 Å². The van der Waals surface area contributed by atoms with Crippen LogP contribution in [0.5, 0.6) is 0 Å². The van der Waals surface area contributed by atoms with Crippen molar-refractivity contribution in [2.75, 3.05) is 0 Å². The van der Waals surface area contributed by atoms with E-state index in [-0.39, 0.29) is 0 Å². The minimum atomic E-state index is 1.11. The molecule has 4 fully saturated rings. The molecule has 0 aromatic carbocycles. The van der Waals surface area contributed by atoms with Crippen LogP contribution in [-0.2, 0) is 0 Å². The lowest BCUT2D eigenvalue weighted by molar-refractivity contribution is -0.0715. The summed E-state index contributed by atoms with van der Waals surface area (Å²) in [5.41, 5.74) is 0. The Labute approximate surface area is 113 Å². The summed E-state index contributed by atoms with van der Waals surface area (Å²) in [4.78, 5) is 0. The predicted octanol–water partition coefficient (Wildman–Crippen LogP) is 5.23. The van der Waals surface area contributed by atoms with Crippen LogP contribution in [0.1, 0.15) is 70.6 Å². The molecular weight excluding hydrogens is 216 g/mol. The molecule has 4 aliphatic carbocycles. The molecule has 18 heavy (non-hydrogen) atoms. The highest BCUT2D eigenvalue weighted by atomic mass is 14.6. The standard InChI is InChI=1S/C18H29/c1-2-8-14-13(7-1)15-9-3-4-11-17(15)18-12-6-5-10-16(14)18/h1,13-18H,2-12H2. The fraction of sp³-hybridized carbons (Fsp3) is 0.944. The van der Waals surface area contributed by atoms with Gasteiger partial charge in [-0.15, -0.1) is 0 Å². The number of rotatable bonds is 0. The van der Waals surface area contributed by atoms with Crippen LogP contribution in [0.15, 0.2) is 0 Å². The van der Waals surface area contributed by atoms with E-state index in [1.807, 2.05) is 0 Å². The molecule has 0 N–H and O–H groups in total. The Morgan fingerprint density at radius 1 is 0.500 bits per heavy atom. The third-order valence-corrected chi connectivity index (χ3v) is 7.09. The van der Waals surface area contributed by atoms with Gasteiger partial charge in [-0.2, -0.15) is 0 Å². The maximum atomic E-state index is 2.63. The molecule has 1 radical (unpaired) electrons. The minimum absolute atomic E-state index is 1.11. The molecule has 0 saturated heterocycles. The van der Waals surface area contributed by atoms with Gasteiger partial charge in [0.25, 0.3) is 0 Å². The van der Waals surface area contributed by atoms with Crippen molar-refractivity contribution in [2.24, 2.45) is 35.5 Å². The van der Waals surface area contributed by atoms with E-state index >= 15 is 0 Å². The monoisotopic (exact) mass is 245 g/mol. The second kappa shape index (κ2) is 4.84. The van der Waals surface area contributed by atoms with Crippen LogP contribution in [-0.4, -0.2) is 0 Å². The van der Waals surface area contributed by atoms with Crippen molar-refractivity contribution in [1.82, 2.24) is 0 Å². The van der Waals surface area contributed by atoms with Gasteiger partial charge in [0.1, 0.15) is 0 Å². The van der Waals surface area contributed by atoms with E-state index in [2.05, 4.69) is 6.42 Å². The van der Waals surface area contributed by atoms with Crippen LogP contribution >= 0.6 is 0 Å². The molecule has 0 aromatic heterocycles. The second-order valence-corrected chi connectivity index (χ2v) is 7.65. The molecule has 4 saturated carbocycles. The summed E-state index contributed by atoms with van der Waals surface area (Å²) in [7, 11) is 0. The van der Waals surface area contributed by atoms with E-state index in [0.717, 1.165) is 35.5 Å². The summed E-state index contributed by atoms with van der Waals surface area (Å²) in [6.45, 7) is 0. The Balaban J connectivity index is 1.64. The van der Waals surface area contributed by atoms with Crippen LogP contribution in [0.3, 0.4) is 0 Å². The highest BCUT2D eigenvalue weighted by Gasteiger charge is 2.50. The Morgan fingerprint density at radius 3 is 1.50 bits per heavy atom. The molecule has 0 amide bonds. The molecule has 0 nitrogen and oxygen atoms in total. The van der Waals surface area contributed by atoms with E-state index in [1.54, 1.807) is 57.8 Å². The molecule has 101 valence electrons. The molecule has 6 unspecified atom stereocenters. The van der Waals surface area contributed by atoms with E-state index in [0.29, 0.717) is 0 Å². The highest BCUT2D eigenvalue weighted by molar-refractivity contribution is 5.02. The van der Waals surface area contributed by atoms with Gasteiger partial charge in [0.15, 0.2) is 0 Å². The van der Waals surface area contributed by atoms with Gasteiger partial charge in [0.2, 0.25) is 0 Å². The lowest BCUT2D eigenvalue weighted by atomic mass is 9.48. The fourth-order valence-electron chi connectivity index (χ4n) is 6.54. The minimum Gasteiger partial charge on any atom is -0.0530 e. The van der Waals surface area contributed by atoms with Crippen LogP contribution in [0.25, 0.3) is 0 Å². The molecule has 6 atom stereocenters. The summed E-state index contributed by atoms with van der Waals surface area (Å²) in [5.74, 6) is 6.85. The zero-order valence-electron chi connectivity index (χ0n) is 11.8. The van der Waals surface area contributed by atoms with Gasteiger partial charge in [-0.25, -0.2) is 0 Å². The van der Waals surface area contributed by atoms with E-state index < -0.39 is 0 Å². The van der Waals surface area contributed by atoms with Crippen molar-refractivity contribution in [3.8, 4) is 0 Å². The van der Waals surface area contributed by atoms with Crippen molar-refractivity contribution < 1.29 is 0 Å². The smallest absolute Gasteiger partial charge is 0.0349 e. The molecule has 0 heteroatoms. The van der Waals surface area contributed by atoms with Crippen molar-refractivity contribution in [1.29, 1.82) is 0 Å². The Hall–Kier alpha value is 0. The lowest BCUT2D eigenvalue weighted by Crippen LogP contribution is -2.49. The van der Waals surface area contributed by atoms with E-state index in [1.165, 1.54) is 12.8 Å². The maximum Gasteiger partial charge on any atom is -0.0349 e. The van der Waals surface area contributed by atoms with Crippen LogP contribution in [0, 0.1) is 41.9 Å². The fourth-order valence-corrected chi connectivity index (χ4v) is 6.54. The summed E-state index contributed by atoms with van der Waals surface area (Å²) >= 11 is 0. The molecule has 0 spiro atoms. The summed E-state index contributed by atoms with van der Waals surface area (Å²) in [5, 5.41) is 0. The summed E-state index contributed by atoms with van der Waals surface area (Å²) < 4.78 is 0. The first-order valence-electron chi connectivity index (χ1n) is 8.77. The van der Waals surface area contributed by atoms with Gasteiger partial charge in [0, 0.05) is 0 Å². The van der Waals surface area contributed by atoms with Gasteiger partial charge >= 0.3 is 0 Å². The van der Waals surface area contributed by atoms with Crippen molar-refractivity contribution in [2.45, 2.75) is 70.6 Å². The third-order valence-electron chi connectivity index (χ3n) is 7.09. The number of hydrogen-bond donors (Lipinski definition) is 0. The molecular formula is C18H29. The van der Waals surface area contributed by atoms with Gasteiger partial charge in [-0.1, -0.05) is 25.7 Å². The van der Waals surface area contributed by atoms with Crippen LogP contribution in [0.4, 0.5) is 0 Å². The molecule has 0 heterocycles. The number of hydrogen-bond acceptors (Lipinski definition) is 0. The van der Waals surface area contributed by atoms with Gasteiger partial charge in [0.05, 0.1) is 0 Å². The summed E-state index contributed by atoms with van der Waals surface area (Å²) in [6, 6.07) is 0. The largest absolute Gasteiger partial charge is 0.0530 e. The first-order chi connectivity index (χ1) is 8.95. The van der Waals surface area contributed by atoms with Crippen molar-refractivity contribution in [3.05, 3.63) is 6.42 Å². The number of fused-ring (bicyclic) bond motifs is 6. The quantitative estimate of drug-likeness (QED) is 0.548. The first kappa shape index (κ1) is 11.8. The molecule has 0 aromatic rings. The third kappa shape index (κ3) is 1.78. The zero-order valence-corrected chi connectivity index (χ0v) is 11.8. The van der Waals surface area contributed by atoms with Crippen molar-refractivity contribution >= 4 is 0 Å². The second-order valence-electron chi connectivity index (χ2n) is 7.65. The first-order valence-corrected chi connectivity index (χ1v) is 8.77. The molecule has 4 aliphatic rings. The Kier molecular flexibility index (Phi) is 3.17. The average molecular weight is 245 g/mol. The van der Waals surface area contributed by atoms with Gasteiger partial charge in [-0.05, 0) is 86.9 Å². The summed E-state index contributed by atoms with van der Waals surface area (Å²) in [6.07, 6.45) is 19.7. The molecule has 0 aliphatic heterocycles. The Morgan fingerprint density at radius 2 is 0.944 bits per heavy atom. The molecule has 0 bridgehead atoms. The predicted molar refractivity (Wildman–Crippen MR) is 76.0 cm³/mol. The molecule has 4 rings (SSSR count). The van der Waals surface area contributed by atoms with Crippen LogP contribution < -0.4 is 0 Å². The van der Waals surface area contributed by atoms with Crippen molar-refractivity contribution in [3.63, 3.8) is 0 Å². The van der Waals surface area contributed by atoms with E-state index in [9.17, 15) is 0 Å². The topological polar surface area (TPSA) is 0 Å². The highest BCUT2D eigenvalue weighted by Crippen LogP contribution is 2.59. The maximum absolute atomic E-state index is 2.63. The lowest BCUT2D eigenvalue weighted by Gasteiger charge is -2.57. The average Bonchev–Trinajstić information content (AvgIpc) is 2.48. The SMILES string of the molecule is [CH]1CCC2C(C1)C1CCCCC1C1CCCCC21. The van der Waals surface area contributed by atoms with Crippen LogP contribution in [0.2, 0.25) is 0 Å². The Bertz CT molecular complexity index is 205. The van der Waals surface area contributed by atoms with Gasteiger partial charge < -0.3 is 0 Å².